The molecule has 0 aromatic heterocycles. The van der Waals surface area contributed by atoms with E-state index in [0.717, 1.165) is 0 Å². The highest BCUT2D eigenvalue weighted by Gasteiger charge is 2.50. The zero-order valence-electron chi connectivity index (χ0n) is 11.8. The summed E-state index contributed by atoms with van der Waals surface area (Å²) in [7, 11) is 1.20. The Labute approximate surface area is 119 Å². The minimum Gasteiger partial charge on any atom is -0.388 e. The number of aliphatic hydroxyl groups is 1. The zero-order valence-corrected chi connectivity index (χ0v) is 11.8. The molecule has 11 heteroatoms. The van der Waals surface area contributed by atoms with Gasteiger partial charge in [-0.3, -0.25) is 0 Å². The van der Waals surface area contributed by atoms with Crippen molar-refractivity contribution < 1.29 is 34.4 Å². The maximum Gasteiger partial charge on any atom is 0.295 e. The van der Waals surface area contributed by atoms with Gasteiger partial charge in [-0.2, -0.15) is 0 Å². The van der Waals surface area contributed by atoms with Crippen LogP contribution in [0, 0.1) is 26.1 Å². The lowest BCUT2D eigenvalue weighted by atomic mass is 9.93. The van der Waals surface area contributed by atoms with E-state index in [1.165, 1.54) is 7.11 Å². The van der Waals surface area contributed by atoms with Crippen molar-refractivity contribution in [1.29, 1.82) is 0 Å². The molecule has 1 aliphatic rings. The predicted molar refractivity (Wildman–Crippen MR) is 64.9 cm³/mol. The fourth-order valence-corrected chi connectivity index (χ4v) is 2.17. The highest BCUT2D eigenvalue weighted by molar-refractivity contribution is 4.90. The summed E-state index contributed by atoms with van der Waals surface area (Å²) >= 11 is 0. The van der Waals surface area contributed by atoms with Crippen LogP contribution in [0.2, 0.25) is 0 Å². The van der Waals surface area contributed by atoms with Gasteiger partial charge in [0.05, 0.1) is 6.10 Å². The predicted octanol–water partition coefficient (Wildman–Crippen LogP) is -0.0815. The van der Waals surface area contributed by atoms with Crippen LogP contribution in [0.15, 0.2) is 0 Å². The molecular formula is C10H18N2O9. The number of aliphatic hydroxyl groups excluding tert-OH is 1. The first-order valence-electron chi connectivity index (χ1n) is 6.24. The van der Waals surface area contributed by atoms with E-state index >= 15 is 0 Å². The molecule has 1 fully saturated rings. The van der Waals surface area contributed by atoms with E-state index in [1.807, 2.05) is 13.8 Å². The molecule has 0 saturated carbocycles. The topological polar surface area (TPSA) is 143 Å². The molecule has 1 N–H and O–H groups in total. The van der Waals surface area contributed by atoms with Gasteiger partial charge in [-0.05, 0) is 12.3 Å². The quantitative estimate of drug-likeness (QED) is 0.504. The molecule has 0 radical (unpaired) electrons. The summed E-state index contributed by atoms with van der Waals surface area (Å²) in [6, 6.07) is 0. The number of methoxy groups -OCH3 is 1. The molecular weight excluding hydrogens is 292 g/mol. The first-order valence-corrected chi connectivity index (χ1v) is 6.24. The number of ether oxygens (including phenoxy) is 2. The summed E-state index contributed by atoms with van der Waals surface area (Å²) in [6.45, 7) is 3.72. The van der Waals surface area contributed by atoms with Crippen molar-refractivity contribution in [3.05, 3.63) is 20.2 Å². The lowest BCUT2D eigenvalue weighted by Gasteiger charge is -2.42. The van der Waals surface area contributed by atoms with E-state index in [0.29, 0.717) is 6.42 Å². The van der Waals surface area contributed by atoms with Gasteiger partial charge in [-0.25, -0.2) is 0 Å². The molecule has 122 valence electrons. The minimum absolute atomic E-state index is 0.117. The molecule has 5 atom stereocenters. The molecule has 0 spiro atoms. The van der Waals surface area contributed by atoms with Crippen molar-refractivity contribution in [2.24, 2.45) is 5.92 Å². The largest absolute Gasteiger partial charge is 0.388 e. The summed E-state index contributed by atoms with van der Waals surface area (Å²) in [5.74, 6) is 0.117. The van der Waals surface area contributed by atoms with E-state index in [9.17, 15) is 25.3 Å². The van der Waals surface area contributed by atoms with Crippen molar-refractivity contribution in [2.45, 2.75) is 51.0 Å². The maximum atomic E-state index is 10.5. The number of nitrogens with zero attached hydrogens (tertiary/aromatic N) is 2. The Kier molecular flexibility index (Phi) is 6.05. The standard InChI is InChI=1S/C10H18N2O9/c1-5(2)4-6-7(13)8(20-11(14)15)9(21-12(16)17)10(18-3)19-6/h5-10,13H,4H2,1-3H3/t6-,7-,8+,9-,10+/m1/s1. The Morgan fingerprint density at radius 1 is 1.19 bits per heavy atom. The van der Waals surface area contributed by atoms with Crippen molar-refractivity contribution in [2.75, 3.05) is 7.11 Å². The first-order chi connectivity index (χ1) is 9.76. The molecule has 0 amide bonds. The zero-order chi connectivity index (χ0) is 16.2. The fraction of sp³-hybridized carbons (Fsp3) is 1.00. The lowest BCUT2D eigenvalue weighted by Crippen LogP contribution is -2.60. The Balaban J connectivity index is 2.98. The Hall–Kier alpha value is -1.72. The van der Waals surface area contributed by atoms with Gasteiger partial charge in [0, 0.05) is 7.11 Å². The summed E-state index contributed by atoms with van der Waals surface area (Å²) in [5.41, 5.74) is 0. The van der Waals surface area contributed by atoms with Crippen LogP contribution < -0.4 is 0 Å². The average molecular weight is 310 g/mol. The molecule has 1 aliphatic heterocycles. The number of hydrogen-bond acceptors (Lipinski definition) is 9. The van der Waals surface area contributed by atoms with Gasteiger partial charge in [-0.15, -0.1) is 20.2 Å². The van der Waals surface area contributed by atoms with E-state index in [2.05, 4.69) is 9.68 Å². The van der Waals surface area contributed by atoms with Crippen LogP contribution >= 0.6 is 0 Å². The second-order valence-corrected chi connectivity index (χ2v) is 4.99. The normalized spacial score (nSPS) is 32.7. The van der Waals surface area contributed by atoms with E-state index in [-0.39, 0.29) is 5.92 Å². The van der Waals surface area contributed by atoms with Crippen molar-refractivity contribution in [3.63, 3.8) is 0 Å². The molecule has 21 heavy (non-hydrogen) atoms. The summed E-state index contributed by atoms with van der Waals surface area (Å²) in [4.78, 5) is 29.7. The van der Waals surface area contributed by atoms with Gasteiger partial charge < -0.3 is 24.3 Å². The second kappa shape index (κ2) is 7.33. The molecule has 11 nitrogen and oxygen atoms in total. The molecule has 0 bridgehead atoms. The Morgan fingerprint density at radius 2 is 1.71 bits per heavy atom. The SMILES string of the molecule is CO[C@H]1O[C@H](CC(C)C)[C@@H](O)[C@H](O[N+](=O)[O-])[C@H]1O[N+](=O)[O-]. The maximum absolute atomic E-state index is 10.5. The molecule has 1 rings (SSSR count). The van der Waals surface area contributed by atoms with Gasteiger partial charge in [0.1, 0.15) is 6.10 Å². The van der Waals surface area contributed by atoms with Gasteiger partial charge in [0.25, 0.3) is 10.2 Å². The van der Waals surface area contributed by atoms with E-state index in [4.69, 9.17) is 9.47 Å². The van der Waals surface area contributed by atoms with Gasteiger partial charge in [0.15, 0.2) is 18.5 Å². The fourth-order valence-electron chi connectivity index (χ4n) is 2.17. The van der Waals surface area contributed by atoms with Crippen LogP contribution in [0.4, 0.5) is 0 Å². The van der Waals surface area contributed by atoms with Crippen molar-refractivity contribution >= 4 is 0 Å². The molecule has 0 aliphatic carbocycles. The molecule has 1 heterocycles. The molecule has 0 aromatic carbocycles. The summed E-state index contributed by atoms with van der Waals surface area (Å²) in [6.07, 6.45) is -6.36. The van der Waals surface area contributed by atoms with Crippen LogP contribution in [-0.2, 0) is 19.1 Å². The van der Waals surface area contributed by atoms with E-state index in [1.54, 1.807) is 0 Å². The van der Waals surface area contributed by atoms with Crippen molar-refractivity contribution in [3.8, 4) is 0 Å². The van der Waals surface area contributed by atoms with Crippen LogP contribution in [0.5, 0.6) is 0 Å². The summed E-state index contributed by atoms with van der Waals surface area (Å²) < 4.78 is 10.3. The monoisotopic (exact) mass is 310 g/mol. The lowest BCUT2D eigenvalue weighted by molar-refractivity contribution is -0.806. The third-order valence-corrected chi connectivity index (χ3v) is 2.97. The molecule has 0 aromatic rings. The minimum atomic E-state index is -1.59. The highest BCUT2D eigenvalue weighted by Crippen LogP contribution is 2.29. The first kappa shape index (κ1) is 17.3. The van der Waals surface area contributed by atoms with Crippen LogP contribution in [0.25, 0.3) is 0 Å². The van der Waals surface area contributed by atoms with E-state index < -0.39 is 40.9 Å². The average Bonchev–Trinajstić information content (AvgIpc) is 2.35. The third-order valence-electron chi connectivity index (χ3n) is 2.97. The number of rotatable bonds is 7. The van der Waals surface area contributed by atoms with Crippen LogP contribution in [0.1, 0.15) is 20.3 Å². The molecule has 1 saturated heterocycles. The third kappa shape index (κ3) is 4.65. The highest BCUT2D eigenvalue weighted by atomic mass is 17.0. The van der Waals surface area contributed by atoms with Gasteiger partial charge in [-0.1, -0.05) is 13.8 Å². The Morgan fingerprint density at radius 3 is 2.14 bits per heavy atom. The second-order valence-electron chi connectivity index (χ2n) is 4.99. The Bertz CT molecular complexity index is 378. The van der Waals surface area contributed by atoms with Gasteiger partial charge in [0.2, 0.25) is 0 Å². The number of hydrogen-bond donors (Lipinski definition) is 1. The van der Waals surface area contributed by atoms with Crippen LogP contribution in [0.3, 0.4) is 0 Å². The van der Waals surface area contributed by atoms with Crippen LogP contribution in [-0.4, -0.2) is 53.1 Å². The van der Waals surface area contributed by atoms with Gasteiger partial charge >= 0.3 is 0 Å². The summed E-state index contributed by atoms with van der Waals surface area (Å²) in [5, 5.41) is 28.8. The van der Waals surface area contributed by atoms with Crippen molar-refractivity contribution in [1.82, 2.24) is 0 Å². The molecule has 0 unspecified atom stereocenters. The smallest absolute Gasteiger partial charge is 0.295 e.